The Kier molecular flexibility index (Phi) is 11.0. The van der Waals surface area contributed by atoms with Crippen LogP contribution in [0.5, 0.6) is 0 Å². The Labute approximate surface area is 330 Å². The normalized spacial score (nSPS) is 10.7. The minimum absolute atomic E-state index is 0. The predicted octanol–water partition coefficient (Wildman–Crippen LogP) is 12.7. The summed E-state index contributed by atoms with van der Waals surface area (Å²) < 4.78 is 0. The van der Waals surface area contributed by atoms with Crippen molar-refractivity contribution in [2.24, 2.45) is 0 Å². The van der Waals surface area contributed by atoms with Gasteiger partial charge in [-0.25, -0.2) is 0 Å². The topological polar surface area (TPSA) is 38.7 Å². The Morgan fingerprint density at radius 3 is 1.96 bits per heavy atom. The molecule has 263 valence electrons. The van der Waals surface area contributed by atoms with Crippen LogP contribution in [0.25, 0.3) is 77.6 Å². The molecule has 0 bridgehead atoms. The van der Waals surface area contributed by atoms with E-state index < -0.39 is 0 Å². The Bertz CT molecular complexity index is 2650. The molecule has 54 heavy (non-hydrogen) atoms. The SMILES string of the molecule is Cc1cnc(-c2[c-]cc(C)c(-c3cccc(-c4cc5ncccc5c5ccccc45)c3)c2)cc1C.[Ir].[c-]1cccc(-c2ccccc2)c1-c1ccccn1. The van der Waals surface area contributed by atoms with E-state index in [4.69, 9.17) is 0 Å². The summed E-state index contributed by atoms with van der Waals surface area (Å²) in [4.78, 5) is 13.7. The molecule has 9 aromatic rings. The van der Waals surface area contributed by atoms with E-state index in [1.807, 2.05) is 73.2 Å². The van der Waals surface area contributed by atoms with Gasteiger partial charge in [-0.1, -0.05) is 126 Å². The van der Waals surface area contributed by atoms with Crippen molar-refractivity contribution in [1.29, 1.82) is 0 Å². The smallest absolute Gasteiger partial charge is 0.0714 e. The maximum atomic E-state index is 4.66. The van der Waals surface area contributed by atoms with E-state index in [0.29, 0.717) is 0 Å². The van der Waals surface area contributed by atoms with Gasteiger partial charge in [0, 0.05) is 44.1 Å². The summed E-state index contributed by atoms with van der Waals surface area (Å²) in [5.41, 5.74) is 15.7. The van der Waals surface area contributed by atoms with E-state index in [-0.39, 0.29) is 20.1 Å². The zero-order valence-corrected chi connectivity index (χ0v) is 32.7. The van der Waals surface area contributed by atoms with Gasteiger partial charge in [0.25, 0.3) is 0 Å². The summed E-state index contributed by atoms with van der Waals surface area (Å²) in [5, 5.41) is 3.65. The molecule has 0 atom stereocenters. The molecule has 0 N–H and O–H groups in total. The number of fused-ring (bicyclic) bond motifs is 3. The van der Waals surface area contributed by atoms with Gasteiger partial charge >= 0.3 is 0 Å². The van der Waals surface area contributed by atoms with Gasteiger partial charge in [0.15, 0.2) is 0 Å². The second-order valence-corrected chi connectivity index (χ2v) is 13.3. The molecule has 1 radical (unpaired) electrons. The summed E-state index contributed by atoms with van der Waals surface area (Å²) in [7, 11) is 0. The molecule has 0 amide bonds. The van der Waals surface area contributed by atoms with Gasteiger partial charge in [0.05, 0.1) is 5.52 Å². The number of rotatable bonds is 5. The number of aryl methyl sites for hydroxylation is 3. The first-order valence-corrected chi connectivity index (χ1v) is 17.8. The maximum Gasteiger partial charge on any atom is 0.0714 e. The second-order valence-electron chi connectivity index (χ2n) is 13.3. The Balaban J connectivity index is 0.000000200. The van der Waals surface area contributed by atoms with Crippen LogP contribution in [-0.4, -0.2) is 15.0 Å². The van der Waals surface area contributed by atoms with Gasteiger partial charge in [0.2, 0.25) is 0 Å². The van der Waals surface area contributed by atoms with Gasteiger partial charge in [0.1, 0.15) is 0 Å². The van der Waals surface area contributed by atoms with Crippen LogP contribution in [0.15, 0.2) is 170 Å². The fourth-order valence-electron chi connectivity index (χ4n) is 6.83. The molecule has 0 aliphatic carbocycles. The number of nitrogens with zero attached hydrogens (tertiary/aromatic N) is 3. The van der Waals surface area contributed by atoms with Gasteiger partial charge in [-0.15, -0.1) is 59.2 Å². The third-order valence-electron chi connectivity index (χ3n) is 9.78. The zero-order chi connectivity index (χ0) is 36.1. The Morgan fingerprint density at radius 2 is 1.17 bits per heavy atom. The molecule has 0 unspecified atom stereocenters. The van der Waals surface area contributed by atoms with Crippen LogP contribution in [0.4, 0.5) is 0 Å². The van der Waals surface area contributed by atoms with Gasteiger partial charge in [-0.05, 0) is 82.5 Å². The first-order chi connectivity index (χ1) is 26.0. The van der Waals surface area contributed by atoms with Crippen molar-refractivity contribution in [3.05, 3.63) is 199 Å². The largest absolute Gasteiger partial charge is 0.305 e. The van der Waals surface area contributed by atoms with Crippen molar-refractivity contribution < 1.29 is 20.1 Å². The third-order valence-corrected chi connectivity index (χ3v) is 9.78. The first kappa shape index (κ1) is 36.3. The summed E-state index contributed by atoms with van der Waals surface area (Å²) in [6.07, 6.45) is 5.62. The fourth-order valence-corrected chi connectivity index (χ4v) is 6.83. The van der Waals surface area contributed by atoms with Crippen molar-refractivity contribution in [3.63, 3.8) is 0 Å². The van der Waals surface area contributed by atoms with E-state index in [9.17, 15) is 0 Å². The zero-order valence-electron chi connectivity index (χ0n) is 30.3. The predicted molar refractivity (Wildman–Crippen MR) is 220 cm³/mol. The minimum Gasteiger partial charge on any atom is -0.305 e. The molecule has 0 spiro atoms. The average Bonchev–Trinajstić information content (AvgIpc) is 3.23. The maximum absolute atomic E-state index is 4.66. The molecule has 0 saturated heterocycles. The Morgan fingerprint density at radius 1 is 0.444 bits per heavy atom. The minimum atomic E-state index is 0. The number of pyridine rings is 3. The van der Waals surface area contributed by atoms with Gasteiger partial charge < -0.3 is 9.97 Å². The van der Waals surface area contributed by atoms with Crippen molar-refractivity contribution in [2.75, 3.05) is 0 Å². The molecular weight excluding hydrogens is 835 g/mol. The average molecular weight is 872 g/mol. The molecule has 0 fully saturated rings. The number of hydrogen-bond donors (Lipinski definition) is 0. The van der Waals surface area contributed by atoms with E-state index in [2.05, 4.69) is 145 Å². The summed E-state index contributed by atoms with van der Waals surface area (Å²) in [5.74, 6) is 0. The van der Waals surface area contributed by atoms with Crippen LogP contribution in [0.1, 0.15) is 16.7 Å². The van der Waals surface area contributed by atoms with Crippen LogP contribution in [0.2, 0.25) is 0 Å². The standard InChI is InChI=1S/C33H25N2.C17H12N.Ir/c1-21-13-14-26(32-16-22(2)23(3)20-35-32)18-30(21)24-8-6-9-25(17-24)31-19-33-29(12-7-15-34-33)27-10-4-5-11-28(27)31;1-2-8-14(9-3-1)15-10-4-5-11-16(15)17-12-6-7-13-18-17;/h4-13,15-20H,1-3H3;1-10,12-13H;/q2*-1;. The van der Waals surface area contributed by atoms with Crippen LogP contribution in [-0.2, 0) is 20.1 Å². The molecule has 3 aromatic heterocycles. The van der Waals surface area contributed by atoms with Gasteiger partial charge in [-0.3, -0.25) is 4.98 Å². The Hall–Kier alpha value is -6.06. The number of benzene rings is 6. The monoisotopic (exact) mass is 872 g/mol. The number of aromatic nitrogens is 3. The second kappa shape index (κ2) is 16.3. The molecule has 6 aromatic carbocycles. The first-order valence-electron chi connectivity index (χ1n) is 17.8. The van der Waals surface area contributed by atoms with Crippen molar-refractivity contribution in [1.82, 2.24) is 15.0 Å². The summed E-state index contributed by atoms with van der Waals surface area (Å²) in [6, 6.07) is 59.2. The number of hydrogen-bond acceptors (Lipinski definition) is 3. The fraction of sp³-hybridized carbons (Fsp3) is 0.0600. The van der Waals surface area contributed by atoms with E-state index in [0.717, 1.165) is 33.6 Å². The molecule has 3 heterocycles. The van der Waals surface area contributed by atoms with Crippen molar-refractivity contribution >= 4 is 21.7 Å². The van der Waals surface area contributed by atoms with Crippen LogP contribution >= 0.6 is 0 Å². The molecule has 0 aliphatic heterocycles. The molecule has 0 aliphatic rings. The van der Waals surface area contributed by atoms with Crippen LogP contribution in [0.3, 0.4) is 0 Å². The van der Waals surface area contributed by atoms with Crippen LogP contribution < -0.4 is 0 Å². The molecule has 9 rings (SSSR count). The summed E-state index contributed by atoms with van der Waals surface area (Å²) in [6.45, 7) is 6.36. The third kappa shape index (κ3) is 7.54. The van der Waals surface area contributed by atoms with E-state index >= 15 is 0 Å². The van der Waals surface area contributed by atoms with Crippen LogP contribution in [0, 0.1) is 32.9 Å². The van der Waals surface area contributed by atoms with Crippen molar-refractivity contribution in [2.45, 2.75) is 20.8 Å². The quantitative estimate of drug-likeness (QED) is 0.128. The van der Waals surface area contributed by atoms with Crippen molar-refractivity contribution in [3.8, 4) is 55.9 Å². The summed E-state index contributed by atoms with van der Waals surface area (Å²) >= 11 is 0. The molecule has 3 nitrogen and oxygen atoms in total. The molecule has 4 heteroatoms. The molecule has 0 saturated carbocycles. The molecular formula is C50H37IrN3-2. The van der Waals surface area contributed by atoms with E-state index in [1.165, 1.54) is 60.7 Å². The van der Waals surface area contributed by atoms with E-state index in [1.54, 1.807) is 0 Å². The van der Waals surface area contributed by atoms with Gasteiger partial charge in [-0.2, -0.15) is 0 Å².